The molecule has 2 aliphatic rings. The van der Waals surface area contributed by atoms with Crippen molar-refractivity contribution in [2.75, 3.05) is 39.8 Å². The van der Waals surface area contributed by atoms with Gasteiger partial charge in [-0.05, 0) is 40.0 Å². The van der Waals surface area contributed by atoms with Crippen molar-refractivity contribution in [3.63, 3.8) is 0 Å². The van der Waals surface area contributed by atoms with Gasteiger partial charge in [0, 0.05) is 44.2 Å². The maximum absolute atomic E-state index is 11.7. The SMILES string of the molecule is C.CC(C)(C)C(=O)N1CCCCC1.CN1CCN(C(C)(C)C)CC1=O. The number of piperidine rings is 1. The van der Waals surface area contributed by atoms with Gasteiger partial charge in [0.25, 0.3) is 0 Å². The number of amides is 2. The van der Waals surface area contributed by atoms with E-state index in [0.29, 0.717) is 12.5 Å². The fourth-order valence-electron chi connectivity index (χ4n) is 2.90. The zero-order valence-electron chi connectivity index (χ0n) is 16.8. The fourth-order valence-corrected chi connectivity index (χ4v) is 2.90. The Morgan fingerprint density at radius 2 is 1.40 bits per heavy atom. The van der Waals surface area contributed by atoms with Crippen LogP contribution in [0.1, 0.15) is 68.2 Å². The lowest BCUT2D eigenvalue weighted by Crippen LogP contribution is -2.55. The molecule has 0 aliphatic carbocycles. The predicted octanol–water partition coefficient (Wildman–Crippen LogP) is 3.24. The molecule has 0 bridgehead atoms. The molecule has 2 aliphatic heterocycles. The Balaban J connectivity index is 0.000000443. The Hall–Kier alpha value is -1.10. The first-order valence-corrected chi connectivity index (χ1v) is 9.21. The molecule has 5 heteroatoms. The molecule has 5 nitrogen and oxygen atoms in total. The summed E-state index contributed by atoms with van der Waals surface area (Å²) in [5.74, 6) is 0.540. The zero-order valence-corrected chi connectivity index (χ0v) is 16.8. The summed E-state index contributed by atoms with van der Waals surface area (Å²) in [6.45, 7) is 16.8. The zero-order chi connectivity index (χ0) is 18.5. The van der Waals surface area contributed by atoms with E-state index in [1.807, 2.05) is 32.7 Å². The van der Waals surface area contributed by atoms with E-state index in [1.165, 1.54) is 19.3 Å². The average molecular weight is 356 g/mol. The smallest absolute Gasteiger partial charge is 0.236 e. The van der Waals surface area contributed by atoms with Gasteiger partial charge in [0.1, 0.15) is 0 Å². The topological polar surface area (TPSA) is 43.9 Å². The lowest BCUT2D eigenvalue weighted by atomic mass is 9.93. The van der Waals surface area contributed by atoms with Crippen LogP contribution in [0.15, 0.2) is 0 Å². The molecule has 0 N–H and O–H groups in total. The van der Waals surface area contributed by atoms with Gasteiger partial charge in [-0.25, -0.2) is 0 Å². The van der Waals surface area contributed by atoms with Gasteiger partial charge < -0.3 is 9.80 Å². The first kappa shape index (κ1) is 23.9. The average Bonchev–Trinajstić information content (AvgIpc) is 2.49. The highest BCUT2D eigenvalue weighted by Crippen LogP contribution is 2.20. The standard InChI is InChI=1S/C10H19NO.C9H18N2O.CH4/c1-10(2,3)9(12)11-7-5-4-6-8-11;1-9(2,3)11-6-5-10(4)8(12)7-11;/h4-8H2,1-3H3;5-7H2,1-4H3;1H4. The van der Waals surface area contributed by atoms with Crippen molar-refractivity contribution in [2.24, 2.45) is 5.41 Å². The van der Waals surface area contributed by atoms with Crippen LogP contribution in [0, 0.1) is 5.41 Å². The van der Waals surface area contributed by atoms with Crippen molar-refractivity contribution in [3.8, 4) is 0 Å². The number of rotatable bonds is 0. The van der Waals surface area contributed by atoms with Crippen molar-refractivity contribution in [3.05, 3.63) is 0 Å². The molecule has 0 spiro atoms. The molecule has 2 rings (SSSR count). The van der Waals surface area contributed by atoms with Gasteiger partial charge in [0.2, 0.25) is 11.8 Å². The lowest BCUT2D eigenvalue weighted by Gasteiger charge is -2.40. The van der Waals surface area contributed by atoms with Crippen molar-refractivity contribution >= 4 is 11.8 Å². The molecule has 0 unspecified atom stereocenters. The molecule has 2 heterocycles. The van der Waals surface area contributed by atoms with E-state index in [4.69, 9.17) is 0 Å². The second kappa shape index (κ2) is 9.56. The molecule has 0 saturated carbocycles. The second-order valence-corrected chi connectivity index (χ2v) is 9.01. The molecule has 0 atom stereocenters. The van der Waals surface area contributed by atoms with Gasteiger partial charge >= 0.3 is 0 Å². The van der Waals surface area contributed by atoms with Crippen LogP contribution >= 0.6 is 0 Å². The van der Waals surface area contributed by atoms with Crippen LogP contribution in [0.3, 0.4) is 0 Å². The Kier molecular flexibility index (Phi) is 9.14. The number of carbonyl (C=O) groups is 2. The fraction of sp³-hybridized carbons (Fsp3) is 0.900. The van der Waals surface area contributed by atoms with E-state index in [9.17, 15) is 9.59 Å². The molecular weight excluding hydrogens is 314 g/mol. The summed E-state index contributed by atoms with van der Waals surface area (Å²) in [5, 5.41) is 0. The van der Waals surface area contributed by atoms with E-state index >= 15 is 0 Å². The summed E-state index contributed by atoms with van der Waals surface area (Å²) in [5.41, 5.74) is -0.0751. The van der Waals surface area contributed by atoms with E-state index in [-0.39, 0.29) is 24.3 Å². The number of nitrogens with zero attached hydrogens (tertiary/aromatic N) is 3. The summed E-state index contributed by atoms with van der Waals surface area (Å²) in [6, 6.07) is 0. The highest BCUT2D eigenvalue weighted by Gasteiger charge is 2.29. The highest BCUT2D eigenvalue weighted by molar-refractivity contribution is 5.81. The van der Waals surface area contributed by atoms with Crippen LogP contribution < -0.4 is 0 Å². The maximum atomic E-state index is 11.7. The van der Waals surface area contributed by atoms with Crippen LogP contribution in [0.4, 0.5) is 0 Å². The summed E-state index contributed by atoms with van der Waals surface area (Å²) in [7, 11) is 1.86. The van der Waals surface area contributed by atoms with Crippen molar-refractivity contribution in [1.29, 1.82) is 0 Å². The third-order valence-electron chi connectivity index (χ3n) is 4.69. The Bertz CT molecular complexity index is 429. The molecule has 0 radical (unpaired) electrons. The minimum atomic E-state index is -0.197. The van der Waals surface area contributed by atoms with Crippen LogP contribution in [-0.4, -0.2) is 71.8 Å². The molecule has 148 valence electrons. The quantitative estimate of drug-likeness (QED) is 0.670. The van der Waals surface area contributed by atoms with Crippen LogP contribution in [0.5, 0.6) is 0 Å². The number of hydrogen-bond acceptors (Lipinski definition) is 3. The van der Waals surface area contributed by atoms with Gasteiger partial charge in [-0.15, -0.1) is 0 Å². The van der Waals surface area contributed by atoms with Gasteiger partial charge in [-0.1, -0.05) is 28.2 Å². The second-order valence-electron chi connectivity index (χ2n) is 9.01. The van der Waals surface area contributed by atoms with Gasteiger partial charge in [-0.2, -0.15) is 0 Å². The number of hydrogen-bond donors (Lipinski definition) is 0. The number of piperazine rings is 1. The molecule has 25 heavy (non-hydrogen) atoms. The molecular formula is C20H41N3O2. The third-order valence-corrected chi connectivity index (χ3v) is 4.69. The summed E-state index contributed by atoms with van der Waals surface area (Å²) in [6.07, 6.45) is 3.65. The maximum Gasteiger partial charge on any atom is 0.236 e. The van der Waals surface area contributed by atoms with Crippen molar-refractivity contribution < 1.29 is 9.59 Å². The number of likely N-dealkylation sites (tertiary alicyclic amines) is 1. The summed E-state index contributed by atoms with van der Waals surface area (Å²) < 4.78 is 0. The third kappa shape index (κ3) is 7.76. The first-order chi connectivity index (χ1) is 10.9. The number of likely N-dealkylation sites (N-methyl/N-ethyl adjacent to an activating group) is 1. The summed E-state index contributed by atoms with van der Waals surface area (Å²) in [4.78, 5) is 29.1. The lowest BCUT2D eigenvalue weighted by molar-refractivity contribution is -0.140. The van der Waals surface area contributed by atoms with E-state index in [0.717, 1.165) is 26.2 Å². The van der Waals surface area contributed by atoms with E-state index in [1.54, 1.807) is 4.90 Å². The molecule has 0 aromatic rings. The van der Waals surface area contributed by atoms with E-state index < -0.39 is 0 Å². The van der Waals surface area contributed by atoms with E-state index in [2.05, 4.69) is 25.7 Å². The van der Waals surface area contributed by atoms with Gasteiger partial charge in [0.05, 0.1) is 6.54 Å². The summed E-state index contributed by atoms with van der Waals surface area (Å²) >= 11 is 0. The van der Waals surface area contributed by atoms with Crippen LogP contribution in [-0.2, 0) is 9.59 Å². The normalized spacial score (nSPS) is 19.7. The molecule has 0 aromatic carbocycles. The van der Waals surface area contributed by atoms with Crippen LogP contribution in [0.2, 0.25) is 0 Å². The van der Waals surface area contributed by atoms with Crippen LogP contribution in [0.25, 0.3) is 0 Å². The van der Waals surface area contributed by atoms with Gasteiger partial charge in [-0.3, -0.25) is 14.5 Å². The number of carbonyl (C=O) groups excluding carboxylic acids is 2. The minimum absolute atomic E-state index is 0. The van der Waals surface area contributed by atoms with Gasteiger partial charge in [0.15, 0.2) is 0 Å². The molecule has 2 amide bonds. The highest BCUT2D eigenvalue weighted by atomic mass is 16.2. The van der Waals surface area contributed by atoms with Crippen molar-refractivity contribution in [1.82, 2.24) is 14.7 Å². The predicted molar refractivity (Wildman–Crippen MR) is 106 cm³/mol. The largest absolute Gasteiger partial charge is 0.343 e. The molecule has 0 aromatic heterocycles. The molecule has 2 fully saturated rings. The minimum Gasteiger partial charge on any atom is -0.343 e. The monoisotopic (exact) mass is 355 g/mol. The first-order valence-electron chi connectivity index (χ1n) is 9.21. The molecule has 2 saturated heterocycles. The Labute approximate surface area is 155 Å². The Morgan fingerprint density at radius 1 is 0.880 bits per heavy atom. The van der Waals surface area contributed by atoms with Crippen molar-refractivity contribution in [2.45, 2.75) is 73.8 Å². The Morgan fingerprint density at radius 3 is 1.80 bits per heavy atom.